The van der Waals surface area contributed by atoms with E-state index in [1.165, 1.54) is 0 Å². The van der Waals surface area contributed by atoms with Gasteiger partial charge >= 0.3 is 5.97 Å². The Kier molecular flexibility index (Phi) is 6.50. The summed E-state index contributed by atoms with van der Waals surface area (Å²) in [6, 6.07) is 10.8. The quantitative estimate of drug-likeness (QED) is 0.542. The van der Waals surface area contributed by atoms with Crippen molar-refractivity contribution in [3.05, 3.63) is 52.5 Å². The highest BCUT2D eigenvalue weighted by Crippen LogP contribution is 2.28. The zero-order valence-electron chi connectivity index (χ0n) is 14.1. The Morgan fingerprint density at radius 1 is 1.12 bits per heavy atom. The number of benzene rings is 2. The minimum Gasteiger partial charge on any atom is -0.493 e. The summed E-state index contributed by atoms with van der Waals surface area (Å²) in [6.07, 6.45) is 0.840. The third-order valence-electron chi connectivity index (χ3n) is 3.51. The molecule has 2 aromatic rings. The largest absolute Gasteiger partial charge is 0.493 e. The Balaban J connectivity index is 1.94. The molecule has 0 unspecified atom stereocenters. The van der Waals surface area contributed by atoms with Gasteiger partial charge in [0.2, 0.25) is 0 Å². The van der Waals surface area contributed by atoms with Crippen molar-refractivity contribution < 1.29 is 19.0 Å². The average molecular weight is 349 g/mol. The van der Waals surface area contributed by atoms with Gasteiger partial charge in [0.25, 0.3) is 0 Å². The van der Waals surface area contributed by atoms with Crippen LogP contribution in [0.3, 0.4) is 0 Å². The Morgan fingerprint density at radius 3 is 2.58 bits per heavy atom. The fourth-order valence-electron chi connectivity index (χ4n) is 2.25. The van der Waals surface area contributed by atoms with Crippen molar-refractivity contribution >= 4 is 17.6 Å². The van der Waals surface area contributed by atoms with Crippen molar-refractivity contribution in [2.45, 2.75) is 26.7 Å². The van der Waals surface area contributed by atoms with Crippen LogP contribution in [0.1, 0.15) is 24.5 Å². The molecule has 0 saturated heterocycles. The number of rotatable bonds is 7. The van der Waals surface area contributed by atoms with Gasteiger partial charge in [0.1, 0.15) is 5.75 Å². The van der Waals surface area contributed by atoms with Crippen molar-refractivity contribution in [2.75, 3.05) is 13.7 Å². The molecule has 128 valence electrons. The van der Waals surface area contributed by atoms with Crippen LogP contribution in [0.4, 0.5) is 0 Å². The lowest BCUT2D eigenvalue weighted by atomic mass is 10.1. The maximum Gasteiger partial charge on any atom is 0.311 e. The van der Waals surface area contributed by atoms with E-state index < -0.39 is 0 Å². The van der Waals surface area contributed by atoms with E-state index in [2.05, 4.69) is 0 Å². The van der Waals surface area contributed by atoms with Gasteiger partial charge in [-0.2, -0.15) is 0 Å². The number of carbonyl (C=O) groups is 1. The molecule has 0 aliphatic carbocycles. The van der Waals surface area contributed by atoms with Crippen molar-refractivity contribution in [2.24, 2.45) is 0 Å². The van der Waals surface area contributed by atoms with E-state index in [-0.39, 0.29) is 12.4 Å². The smallest absolute Gasteiger partial charge is 0.311 e. The van der Waals surface area contributed by atoms with Crippen LogP contribution in [-0.2, 0) is 11.2 Å². The van der Waals surface area contributed by atoms with Gasteiger partial charge < -0.3 is 14.2 Å². The van der Waals surface area contributed by atoms with Gasteiger partial charge in [-0.15, -0.1) is 0 Å². The van der Waals surface area contributed by atoms with E-state index in [0.717, 1.165) is 11.1 Å². The van der Waals surface area contributed by atoms with Crippen LogP contribution in [-0.4, -0.2) is 19.7 Å². The summed E-state index contributed by atoms with van der Waals surface area (Å²) in [5.74, 6) is 1.58. The van der Waals surface area contributed by atoms with Gasteiger partial charge in [-0.1, -0.05) is 17.7 Å². The molecule has 0 fully saturated rings. The van der Waals surface area contributed by atoms with Gasteiger partial charge in [-0.3, -0.25) is 4.79 Å². The van der Waals surface area contributed by atoms with Gasteiger partial charge in [0, 0.05) is 11.4 Å². The molecule has 5 heteroatoms. The molecule has 0 aromatic heterocycles. The predicted octanol–water partition coefficient (Wildman–Crippen LogP) is 4.59. The maximum absolute atomic E-state index is 12.0. The van der Waals surface area contributed by atoms with Crippen LogP contribution in [0, 0.1) is 6.92 Å². The van der Waals surface area contributed by atoms with Crippen molar-refractivity contribution in [1.29, 1.82) is 0 Å². The Morgan fingerprint density at radius 2 is 1.92 bits per heavy atom. The first-order valence-corrected chi connectivity index (χ1v) is 8.17. The molecule has 0 heterocycles. The molecule has 0 bridgehead atoms. The highest BCUT2D eigenvalue weighted by Gasteiger charge is 2.09. The van der Waals surface area contributed by atoms with E-state index in [9.17, 15) is 4.79 Å². The molecule has 0 atom stereocenters. The molecule has 0 radical (unpaired) electrons. The summed E-state index contributed by atoms with van der Waals surface area (Å²) in [5, 5.41) is 0.649. The number of hydrogen-bond acceptors (Lipinski definition) is 4. The van der Waals surface area contributed by atoms with Crippen LogP contribution in [0.5, 0.6) is 17.2 Å². The number of halogens is 1. The van der Waals surface area contributed by atoms with E-state index in [1.54, 1.807) is 25.3 Å². The molecule has 0 N–H and O–H groups in total. The Bertz CT molecular complexity index is 713. The lowest BCUT2D eigenvalue weighted by Crippen LogP contribution is -2.09. The molecule has 0 aliphatic heterocycles. The number of hydrogen-bond donors (Lipinski definition) is 0. The van der Waals surface area contributed by atoms with E-state index in [1.807, 2.05) is 32.0 Å². The molecule has 2 aromatic carbocycles. The molecular formula is C19H21ClO4. The lowest BCUT2D eigenvalue weighted by Gasteiger charge is -2.11. The molecule has 0 amide bonds. The molecule has 0 saturated carbocycles. The van der Waals surface area contributed by atoms with Crippen LogP contribution in [0.2, 0.25) is 5.02 Å². The number of methoxy groups -OCH3 is 1. The summed E-state index contributed by atoms with van der Waals surface area (Å²) in [4.78, 5) is 12.0. The van der Waals surface area contributed by atoms with E-state index >= 15 is 0 Å². The highest BCUT2D eigenvalue weighted by atomic mass is 35.5. The Labute approximate surface area is 147 Å². The third kappa shape index (κ3) is 4.90. The SMILES string of the molecule is CCOc1ccc(CCC(=O)Oc2ccc(Cl)c(C)c2)cc1OC. The molecule has 2 rings (SSSR count). The first kappa shape index (κ1) is 18.1. The fourth-order valence-corrected chi connectivity index (χ4v) is 2.37. The summed E-state index contributed by atoms with van der Waals surface area (Å²) in [6.45, 7) is 4.36. The zero-order valence-corrected chi connectivity index (χ0v) is 14.9. The topological polar surface area (TPSA) is 44.8 Å². The zero-order chi connectivity index (χ0) is 17.5. The van der Waals surface area contributed by atoms with Crippen LogP contribution >= 0.6 is 11.6 Å². The first-order chi connectivity index (χ1) is 11.5. The summed E-state index contributed by atoms with van der Waals surface area (Å²) in [7, 11) is 1.60. The second kappa shape index (κ2) is 8.60. The summed E-state index contributed by atoms with van der Waals surface area (Å²) < 4.78 is 16.1. The Hall–Kier alpha value is -2.20. The standard InChI is InChI=1S/C19H21ClO4/c1-4-23-17-9-5-14(12-18(17)22-3)6-10-19(21)24-15-7-8-16(20)13(2)11-15/h5,7-9,11-12H,4,6,10H2,1-3H3. The second-order valence-electron chi connectivity index (χ2n) is 5.30. The molecular weight excluding hydrogens is 328 g/mol. The second-order valence-corrected chi connectivity index (χ2v) is 5.71. The van der Waals surface area contributed by atoms with E-state index in [4.69, 9.17) is 25.8 Å². The van der Waals surface area contributed by atoms with Crippen molar-refractivity contribution in [3.63, 3.8) is 0 Å². The average Bonchev–Trinajstić information content (AvgIpc) is 2.57. The van der Waals surface area contributed by atoms with Crippen LogP contribution < -0.4 is 14.2 Å². The van der Waals surface area contributed by atoms with Crippen LogP contribution in [0.15, 0.2) is 36.4 Å². The number of aryl methyl sites for hydroxylation is 2. The minimum absolute atomic E-state index is 0.277. The van der Waals surface area contributed by atoms with Crippen molar-refractivity contribution in [1.82, 2.24) is 0 Å². The lowest BCUT2D eigenvalue weighted by molar-refractivity contribution is -0.134. The van der Waals surface area contributed by atoms with Crippen LogP contribution in [0.25, 0.3) is 0 Å². The van der Waals surface area contributed by atoms with E-state index in [0.29, 0.717) is 35.3 Å². The number of esters is 1. The van der Waals surface area contributed by atoms with Gasteiger partial charge in [0.15, 0.2) is 11.5 Å². The van der Waals surface area contributed by atoms with Gasteiger partial charge in [-0.05, 0) is 61.7 Å². The molecule has 0 aliphatic rings. The normalized spacial score (nSPS) is 10.3. The molecule has 0 spiro atoms. The minimum atomic E-state index is -0.287. The number of ether oxygens (including phenoxy) is 3. The first-order valence-electron chi connectivity index (χ1n) is 7.80. The van der Waals surface area contributed by atoms with Gasteiger partial charge in [0.05, 0.1) is 13.7 Å². The predicted molar refractivity (Wildman–Crippen MR) is 94.3 cm³/mol. The number of carbonyl (C=O) groups excluding carboxylic acids is 1. The molecule has 4 nitrogen and oxygen atoms in total. The van der Waals surface area contributed by atoms with Crippen molar-refractivity contribution in [3.8, 4) is 17.2 Å². The molecule has 24 heavy (non-hydrogen) atoms. The van der Waals surface area contributed by atoms with Gasteiger partial charge in [-0.25, -0.2) is 0 Å². The fraction of sp³-hybridized carbons (Fsp3) is 0.316. The summed E-state index contributed by atoms with van der Waals surface area (Å²) in [5.41, 5.74) is 1.86. The monoisotopic (exact) mass is 348 g/mol. The maximum atomic E-state index is 12.0. The summed E-state index contributed by atoms with van der Waals surface area (Å²) >= 11 is 5.96. The highest BCUT2D eigenvalue weighted by molar-refractivity contribution is 6.31. The third-order valence-corrected chi connectivity index (χ3v) is 3.93.